The lowest BCUT2D eigenvalue weighted by atomic mass is 10.1. The van der Waals surface area contributed by atoms with E-state index in [1.165, 1.54) is 0 Å². The molecular formula is C16H30N6O4. The molecule has 0 radical (unpaired) electrons. The second kappa shape index (κ2) is 13.8. The van der Waals surface area contributed by atoms with Gasteiger partial charge in [0.1, 0.15) is 6.29 Å². The maximum absolute atomic E-state index is 12.0. The zero-order valence-electron chi connectivity index (χ0n) is 15.1. The lowest BCUT2D eigenvalue weighted by molar-refractivity contribution is -0.137. The molecule has 0 saturated carbocycles. The highest BCUT2D eigenvalue weighted by molar-refractivity contribution is 5.84. The SMILES string of the molecule is C[C@H](NCC=C[C@H](N)CCC(=O)O)C(=O)N[C@H](C=O)CCCN=C(N)N. The van der Waals surface area contributed by atoms with Gasteiger partial charge in [-0.3, -0.25) is 14.6 Å². The van der Waals surface area contributed by atoms with E-state index in [1.807, 2.05) is 0 Å². The van der Waals surface area contributed by atoms with E-state index in [1.54, 1.807) is 19.1 Å². The Morgan fingerprint density at radius 3 is 2.54 bits per heavy atom. The number of nitrogens with two attached hydrogens (primary N) is 3. The van der Waals surface area contributed by atoms with E-state index in [4.69, 9.17) is 22.3 Å². The van der Waals surface area contributed by atoms with Crippen molar-refractivity contribution in [3.05, 3.63) is 12.2 Å². The molecule has 0 fully saturated rings. The monoisotopic (exact) mass is 370 g/mol. The third kappa shape index (κ3) is 12.9. The Labute approximate surface area is 153 Å². The second-order valence-corrected chi connectivity index (χ2v) is 5.85. The summed E-state index contributed by atoms with van der Waals surface area (Å²) in [5, 5.41) is 14.2. The maximum atomic E-state index is 12.0. The van der Waals surface area contributed by atoms with E-state index in [-0.39, 0.29) is 24.3 Å². The van der Waals surface area contributed by atoms with Crippen LogP contribution in [0.1, 0.15) is 32.6 Å². The van der Waals surface area contributed by atoms with Gasteiger partial charge >= 0.3 is 5.97 Å². The number of rotatable bonds is 14. The average Bonchev–Trinajstić information content (AvgIpc) is 2.58. The molecule has 10 heteroatoms. The van der Waals surface area contributed by atoms with Gasteiger partial charge in [-0.1, -0.05) is 12.2 Å². The third-order valence-corrected chi connectivity index (χ3v) is 3.47. The third-order valence-electron chi connectivity index (χ3n) is 3.47. The number of carboxylic acids is 1. The molecular weight excluding hydrogens is 340 g/mol. The molecule has 0 aromatic heterocycles. The molecule has 0 aromatic rings. The predicted molar refractivity (Wildman–Crippen MR) is 99.4 cm³/mol. The van der Waals surface area contributed by atoms with Crippen molar-refractivity contribution in [3.63, 3.8) is 0 Å². The molecule has 0 bridgehead atoms. The first-order valence-corrected chi connectivity index (χ1v) is 8.44. The second-order valence-electron chi connectivity index (χ2n) is 5.85. The summed E-state index contributed by atoms with van der Waals surface area (Å²) in [4.78, 5) is 37.4. The quantitative estimate of drug-likeness (QED) is 0.0697. The number of aliphatic carboxylic acids is 1. The van der Waals surface area contributed by atoms with E-state index in [9.17, 15) is 14.4 Å². The smallest absolute Gasteiger partial charge is 0.303 e. The lowest BCUT2D eigenvalue weighted by Crippen LogP contribution is -2.47. The van der Waals surface area contributed by atoms with Crippen LogP contribution in [0, 0.1) is 0 Å². The van der Waals surface area contributed by atoms with Crippen LogP contribution in [0.15, 0.2) is 17.1 Å². The molecule has 0 saturated heterocycles. The van der Waals surface area contributed by atoms with E-state index >= 15 is 0 Å². The van der Waals surface area contributed by atoms with Crippen molar-refractivity contribution >= 4 is 24.1 Å². The molecule has 0 heterocycles. The van der Waals surface area contributed by atoms with Gasteiger partial charge in [0, 0.05) is 25.6 Å². The minimum Gasteiger partial charge on any atom is -0.481 e. The number of nitrogens with zero attached hydrogens (tertiary/aromatic N) is 1. The Bertz CT molecular complexity index is 505. The van der Waals surface area contributed by atoms with Crippen LogP contribution < -0.4 is 27.8 Å². The van der Waals surface area contributed by atoms with Crippen molar-refractivity contribution in [2.24, 2.45) is 22.2 Å². The van der Waals surface area contributed by atoms with E-state index in [0.717, 1.165) is 0 Å². The van der Waals surface area contributed by atoms with Crippen LogP contribution in [0.3, 0.4) is 0 Å². The molecule has 0 rings (SSSR count). The topological polar surface area (TPSA) is 186 Å². The van der Waals surface area contributed by atoms with Crippen molar-refractivity contribution in [2.75, 3.05) is 13.1 Å². The zero-order chi connectivity index (χ0) is 19.9. The van der Waals surface area contributed by atoms with Gasteiger partial charge < -0.3 is 37.7 Å². The van der Waals surface area contributed by atoms with Crippen LogP contribution in [0.5, 0.6) is 0 Å². The molecule has 0 aliphatic rings. The van der Waals surface area contributed by atoms with E-state index < -0.39 is 18.1 Å². The van der Waals surface area contributed by atoms with E-state index in [0.29, 0.717) is 38.6 Å². The van der Waals surface area contributed by atoms with Crippen LogP contribution >= 0.6 is 0 Å². The minimum absolute atomic E-state index is 0.00795. The number of nitrogens with one attached hydrogen (secondary N) is 2. The Balaban J connectivity index is 4.10. The number of hydrogen-bond donors (Lipinski definition) is 6. The minimum atomic E-state index is -0.889. The molecule has 0 aliphatic heterocycles. The fraction of sp³-hybridized carbons (Fsp3) is 0.625. The summed E-state index contributed by atoms with van der Waals surface area (Å²) in [5.41, 5.74) is 16.2. The molecule has 1 amide bonds. The summed E-state index contributed by atoms with van der Waals surface area (Å²) >= 11 is 0. The highest BCUT2D eigenvalue weighted by Crippen LogP contribution is 1.98. The molecule has 3 atom stereocenters. The predicted octanol–water partition coefficient (Wildman–Crippen LogP) is -1.55. The highest BCUT2D eigenvalue weighted by atomic mass is 16.4. The number of carboxylic acid groups (broad SMARTS) is 1. The molecule has 26 heavy (non-hydrogen) atoms. The Morgan fingerprint density at radius 1 is 1.27 bits per heavy atom. The first-order valence-electron chi connectivity index (χ1n) is 8.44. The summed E-state index contributed by atoms with van der Waals surface area (Å²) < 4.78 is 0. The fourth-order valence-electron chi connectivity index (χ4n) is 1.97. The van der Waals surface area contributed by atoms with Crippen molar-refractivity contribution in [1.29, 1.82) is 0 Å². The summed E-state index contributed by atoms with van der Waals surface area (Å²) in [6.07, 6.45) is 5.48. The Hall–Kier alpha value is -2.46. The molecule has 0 spiro atoms. The molecule has 0 unspecified atom stereocenters. The first kappa shape index (κ1) is 23.5. The van der Waals surface area contributed by atoms with Gasteiger partial charge in [-0.25, -0.2) is 0 Å². The standard InChI is InChI=1S/C16H30N6O4/c1-11(20-8-2-4-12(17)6-7-14(24)25)15(26)22-13(10-23)5-3-9-21-16(18)19/h2,4,10-13,20H,3,5-9,17H2,1H3,(H,22,26)(H,24,25)(H4,18,19,21)/t11-,12-,13-/m0/s1. The highest BCUT2D eigenvalue weighted by Gasteiger charge is 2.16. The molecule has 0 aliphatic carbocycles. The lowest BCUT2D eigenvalue weighted by Gasteiger charge is -2.17. The normalized spacial score (nSPS) is 14.4. The van der Waals surface area contributed by atoms with Crippen molar-refractivity contribution in [3.8, 4) is 0 Å². The average molecular weight is 370 g/mol. The van der Waals surface area contributed by atoms with Crippen LogP contribution in [-0.4, -0.2) is 60.4 Å². The Morgan fingerprint density at radius 2 is 1.96 bits per heavy atom. The van der Waals surface area contributed by atoms with Gasteiger partial charge in [0.2, 0.25) is 5.91 Å². The molecule has 10 nitrogen and oxygen atoms in total. The van der Waals surface area contributed by atoms with Gasteiger partial charge in [0.15, 0.2) is 5.96 Å². The van der Waals surface area contributed by atoms with Crippen LogP contribution in [0.2, 0.25) is 0 Å². The largest absolute Gasteiger partial charge is 0.481 e. The van der Waals surface area contributed by atoms with Crippen LogP contribution in [0.4, 0.5) is 0 Å². The number of guanidine groups is 1. The van der Waals surface area contributed by atoms with Gasteiger partial charge in [-0.05, 0) is 26.2 Å². The summed E-state index contributed by atoms with van der Waals surface area (Å²) in [6.45, 7) is 2.46. The number of carbonyl (C=O) groups is 3. The molecule has 9 N–H and O–H groups in total. The summed E-state index contributed by atoms with van der Waals surface area (Å²) in [7, 11) is 0. The van der Waals surface area contributed by atoms with Crippen molar-refractivity contribution in [2.45, 2.75) is 50.7 Å². The molecule has 0 aromatic carbocycles. The summed E-state index contributed by atoms with van der Waals surface area (Å²) in [5.74, 6) is -1.20. The van der Waals surface area contributed by atoms with Gasteiger partial charge in [-0.15, -0.1) is 0 Å². The van der Waals surface area contributed by atoms with Crippen LogP contribution in [0.25, 0.3) is 0 Å². The van der Waals surface area contributed by atoms with E-state index in [2.05, 4.69) is 15.6 Å². The van der Waals surface area contributed by atoms with Gasteiger partial charge in [-0.2, -0.15) is 0 Å². The van der Waals surface area contributed by atoms with Gasteiger partial charge in [0.25, 0.3) is 0 Å². The summed E-state index contributed by atoms with van der Waals surface area (Å²) in [6, 6.07) is -1.45. The maximum Gasteiger partial charge on any atom is 0.303 e. The molecule has 148 valence electrons. The number of aliphatic imine (C=N–C) groups is 1. The number of hydrogen-bond acceptors (Lipinski definition) is 6. The fourth-order valence-corrected chi connectivity index (χ4v) is 1.97. The number of carbonyl (C=O) groups excluding carboxylic acids is 2. The van der Waals surface area contributed by atoms with Crippen molar-refractivity contribution in [1.82, 2.24) is 10.6 Å². The van der Waals surface area contributed by atoms with Gasteiger partial charge in [0.05, 0.1) is 12.1 Å². The van der Waals surface area contributed by atoms with Crippen LogP contribution in [-0.2, 0) is 14.4 Å². The zero-order valence-corrected chi connectivity index (χ0v) is 15.1. The number of amides is 1. The number of aldehydes is 1. The Kier molecular flexibility index (Phi) is 12.5. The first-order chi connectivity index (χ1) is 12.3. The van der Waals surface area contributed by atoms with Crippen molar-refractivity contribution < 1.29 is 19.5 Å².